The van der Waals surface area contributed by atoms with Gasteiger partial charge in [-0.15, -0.1) is 0 Å². The molecule has 0 radical (unpaired) electrons. The number of aromatic nitrogens is 1. The number of ether oxygens (including phenoxy) is 3. The number of fused-ring (bicyclic) bond motifs is 5. The van der Waals surface area contributed by atoms with Gasteiger partial charge in [0.05, 0.1) is 30.5 Å². The number of carbonyl (C=O) groups excluding carboxylic acids is 2. The number of rotatable bonds is 4. The lowest BCUT2D eigenvalue weighted by atomic mass is 9.81. The largest absolute Gasteiger partial charge is 0.492 e. The molecule has 1 fully saturated rings. The van der Waals surface area contributed by atoms with Crippen molar-refractivity contribution in [3.8, 4) is 17.0 Å². The Bertz CT molecular complexity index is 1370. The average Bonchev–Trinajstić information content (AvgIpc) is 3.20. The Kier molecular flexibility index (Phi) is 7.33. The first-order chi connectivity index (χ1) is 18.3. The van der Waals surface area contributed by atoms with Gasteiger partial charge in [-0.2, -0.15) is 0 Å². The fourth-order valence-electron chi connectivity index (χ4n) is 5.92. The third-order valence-electron chi connectivity index (χ3n) is 7.47. The fraction of sp³-hybridized carbons (Fsp3) is 0.438. The lowest BCUT2D eigenvalue weighted by Gasteiger charge is -2.28. The van der Waals surface area contributed by atoms with Crippen LogP contribution in [0.4, 0.5) is 0 Å². The Hall–Kier alpha value is -3.54. The summed E-state index contributed by atoms with van der Waals surface area (Å²) < 4.78 is 19.4. The molecule has 200 valence electrons. The van der Waals surface area contributed by atoms with Crippen LogP contribution < -0.4 is 4.74 Å². The van der Waals surface area contributed by atoms with E-state index in [0.29, 0.717) is 30.4 Å². The van der Waals surface area contributed by atoms with Gasteiger partial charge in [0.1, 0.15) is 11.4 Å². The number of nitrogens with zero attached hydrogens (tertiary/aromatic N) is 1. The maximum absolute atomic E-state index is 13.0. The van der Waals surface area contributed by atoms with E-state index in [2.05, 4.69) is 28.8 Å². The average molecular weight is 516 g/mol. The third kappa shape index (κ3) is 5.22. The molecular weight excluding hydrogens is 478 g/mol. The standard InChI is InChI=1S/C32H37NO5/c1-32(2,3)38-27(34)18-17-21-19-33-25-15-9-8-13-23(25)28(22-11-6-5-7-12-22)30(33)29-24(31(35)36-4)14-10-16-26(29)37-20-21/h8-10,13-18,21-22H,5-7,11-12,19-20H2,1-4H3/b18-17+. The highest BCUT2D eigenvalue weighted by atomic mass is 16.6. The minimum Gasteiger partial charge on any atom is -0.492 e. The van der Waals surface area contributed by atoms with E-state index in [0.717, 1.165) is 29.6 Å². The van der Waals surface area contributed by atoms with Gasteiger partial charge in [0, 0.05) is 29.4 Å². The molecule has 2 heterocycles. The molecule has 0 amide bonds. The summed E-state index contributed by atoms with van der Waals surface area (Å²) in [6.07, 6.45) is 9.32. The maximum atomic E-state index is 13.0. The Morgan fingerprint density at radius 3 is 2.53 bits per heavy atom. The highest BCUT2D eigenvalue weighted by Crippen LogP contribution is 2.48. The van der Waals surface area contributed by atoms with E-state index in [1.165, 1.54) is 43.4 Å². The lowest BCUT2D eigenvalue weighted by molar-refractivity contribution is -0.148. The first-order valence-corrected chi connectivity index (χ1v) is 13.6. The molecule has 5 rings (SSSR count). The summed E-state index contributed by atoms with van der Waals surface area (Å²) in [5, 5.41) is 1.22. The van der Waals surface area contributed by atoms with Crippen molar-refractivity contribution in [3.63, 3.8) is 0 Å². The van der Waals surface area contributed by atoms with Gasteiger partial charge in [0.2, 0.25) is 0 Å². The Morgan fingerprint density at radius 1 is 1.03 bits per heavy atom. The lowest BCUT2D eigenvalue weighted by Crippen LogP contribution is -2.24. The molecule has 6 nitrogen and oxygen atoms in total. The molecule has 2 aliphatic rings. The molecule has 1 unspecified atom stereocenters. The van der Waals surface area contributed by atoms with E-state index in [1.807, 2.05) is 45.0 Å². The van der Waals surface area contributed by atoms with Crippen LogP contribution in [0.15, 0.2) is 54.6 Å². The van der Waals surface area contributed by atoms with Crippen molar-refractivity contribution in [1.29, 1.82) is 0 Å². The zero-order valence-corrected chi connectivity index (χ0v) is 22.8. The second-order valence-electron chi connectivity index (χ2n) is 11.4. The molecule has 0 spiro atoms. The summed E-state index contributed by atoms with van der Waals surface area (Å²) in [7, 11) is 1.42. The monoisotopic (exact) mass is 515 g/mol. The van der Waals surface area contributed by atoms with Crippen LogP contribution in [-0.4, -0.2) is 35.8 Å². The quantitative estimate of drug-likeness (QED) is 0.275. The van der Waals surface area contributed by atoms with Crippen LogP contribution in [0.5, 0.6) is 5.75 Å². The minimum atomic E-state index is -0.555. The molecule has 3 aromatic rings. The number of esters is 2. The zero-order valence-electron chi connectivity index (χ0n) is 22.8. The fourth-order valence-corrected chi connectivity index (χ4v) is 5.92. The number of benzene rings is 2. The predicted octanol–water partition coefficient (Wildman–Crippen LogP) is 7.05. The molecule has 0 N–H and O–H groups in total. The number of para-hydroxylation sites is 1. The van der Waals surface area contributed by atoms with Crippen LogP contribution in [0.3, 0.4) is 0 Å². The number of hydrogen-bond donors (Lipinski definition) is 0. The van der Waals surface area contributed by atoms with Gasteiger partial charge in [0.15, 0.2) is 0 Å². The van der Waals surface area contributed by atoms with Gasteiger partial charge in [-0.3, -0.25) is 0 Å². The van der Waals surface area contributed by atoms with Gasteiger partial charge in [0.25, 0.3) is 0 Å². The normalized spacial score (nSPS) is 18.3. The topological polar surface area (TPSA) is 66.8 Å². The number of carbonyl (C=O) groups is 2. The second-order valence-corrected chi connectivity index (χ2v) is 11.4. The van der Waals surface area contributed by atoms with Crippen molar-refractivity contribution in [1.82, 2.24) is 4.57 Å². The summed E-state index contributed by atoms with van der Waals surface area (Å²) in [5.74, 6) is 0.237. The molecule has 1 atom stereocenters. The van der Waals surface area contributed by atoms with Gasteiger partial charge in [-0.05, 0) is 63.3 Å². The van der Waals surface area contributed by atoms with Crippen molar-refractivity contribution in [3.05, 3.63) is 65.7 Å². The zero-order chi connectivity index (χ0) is 26.9. The van der Waals surface area contributed by atoms with Crippen LogP contribution in [-0.2, 0) is 20.8 Å². The summed E-state index contributed by atoms with van der Waals surface area (Å²) >= 11 is 0. The van der Waals surface area contributed by atoms with E-state index in [-0.39, 0.29) is 17.9 Å². The molecule has 1 aliphatic carbocycles. The first kappa shape index (κ1) is 26.1. The molecule has 0 saturated heterocycles. The van der Waals surface area contributed by atoms with E-state index < -0.39 is 5.60 Å². The summed E-state index contributed by atoms with van der Waals surface area (Å²) in [6, 6.07) is 14.1. The van der Waals surface area contributed by atoms with Crippen molar-refractivity contribution in [2.24, 2.45) is 5.92 Å². The maximum Gasteiger partial charge on any atom is 0.338 e. The minimum absolute atomic E-state index is 0.0776. The molecule has 38 heavy (non-hydrogen) atoms. The summed E-state index contributed by atoms with van der Waals surface area (Å²) in [6.45, 7) is 6.55. The smallest absolute Gasteiger partial charge is 0.338 e. The summed E-state index contributed by atoms with van der Waals surface area (Å²) in [5.41, 5.74) is 4.20. The van der Waals surface area contributed by atoms with Gasteiger partial charge in [-0.25, -0.2) is 9.59 Å². The highest BCUT2D eigenvalue weighted by molar-refractivity contribution is 6.02. The number of methoxy groups -OCH3 is 1. The van der Waals surface area contributed by atoms with Crippen molar-refractivity contribution >= 4 is 22.8 Å². The molecular formula is C32H37NO5. The number of hydrogen-bond acceptors (Lipinski definition) is 5. The molecule has 2 aromatic carbocycles. The van der Waals surface area contributed by atoms with E-state index >= 15 is 0 Å². The second kappa shape index (κ2) is 10.7. The third-order valence-corrected chi connectivity index (χ3v) is 7.47. The van der Waals surface area contributed by atoms with Crippen LogP contribution in [0.1, 0.15) is 74.7 Å². The molecule has 1 aliphatic heterocycles. The van der Waals surface area contributed by atoms with Gasteiger partial charge >= 0.3 is 11.9 Å². The predicted molar refractivity (Wildman–Crippen MR) is 149 cm³/mol. The highest BCUT2D eigenvalue weighted by Gasteiger charge is 2.32. The van der Waals surface area contributed by atoms with Crippen LogP contribution in [0.2, 0.25) is 0 Å². The van der Waals surface area contributed by atoms with Gasteiger partial charge in [-0.1, -0.05) is 49.6 Å². The Labute approximate surface area is 224 Å². The van der Waals surface area contributed by atoms with Crippen molar-refractivity contribution in [2.75, 3.05) is 13.7 Å². The van der Waals surface area contributed by atoms with E-state index in [9.17, 15) is 9.59 Å². The molecule has 1 saturated carbocycles. The SMILES string of the molecule is COC(=O)c1cccc2c1-c1c(C3CCCCC3)c3ccccc3n1CC(/C=C/C(=O)OC(C)(C)C)CO2. The molecule has 6 heteroatoms. The van der Waals surface area contributed by atoms with E-state index in [4.69, 9.17) is 14.2 Å². The summed E-state index contributed by atoms with van der Waals surface area (Å²) in [4.78, 5) is 25.5. The van der Waals surface area contributed by atoms with Crippen LogP contribution in [0.25, 0.3) is 22.2 Å². The van der Waals surface area contributed by atoms with Crippen LogP contribution >= 0.6 is 0 Å². The Morgan fingerprint density at radius 2 is 1.79 bits per heavy atom. The van der Waals surface area contributed by atoms with Gasteiger partial charge < -0.3 is 18.8 Å². The van der Waals surface area contributed by atoms with Crippen LogP contribution in [0, 0.1) is 5.92 Å². The molecule has 0 bridgehead atoms. The van der Waals surface area contributed by atoms with Crippen molar-refractivity contribution in [2.45, 2.75) is 70.9 Å². The van der Waals surface area contributed by atoms with E-state index in [1.54, 1.807) is 0 Å². The first-order valence-electron chi connectivity index (χ1n) is 13.6. The Balaban J connectivity index is 1.70. The van der Waals surface area contributed by atoms with Crippen molar-refractivity contribution < 1.29 is 23.8 Å². The molecule has 1 aromatic heterocycles.